The highest BCUT2D eigenvalue weighted by Gasteiger charge is 2.13. The van der Waals surface area contributed by atoms with Crippen molar-refractivity contribution in [1.29, 1.82) is 0 Å². The number of piperazine rings is 1. The number of aromatic amines is 1. The summed E-state index contributed by atoms with van der Waals surface area (Å²) in [5.74, 6) is 5.93. The van der Waals surface area contributed by atoms with Crippen molar-refractivity contribution in [3.05, 3.63) is 181 Å². The second-order valence-electron chi connectivity index (χ2n) is 25.6. The van der Waals surface area contributed by atoms with E-state index in [-0.39, 0.29) is 0 Å². The van der Waals surface area contributed by atoms with Gasteiger partial charge in [0.2, 0.25) is 0 Å². The van der Waals surface area contributed by atoms with Crippen LogP contribution in [0, 0.1) is 107 Å². The second-order valence-corrected chi connectivity index (χ2v) is 27.1. The van der Waals surface area contributed by atoms with E-state index in [1.54, 1.807) is 11.1 Å². The Balaban J connectivity index is 0.000000468. The Bertz CT molecular complexity index is 2170. The topological polar surface area (TPSA) is 80.6 Å². The summed E-state index contributed by atoms with van der Waals surface area (Å²) in [6, 6.07) is 26.8. The number of piperidine rings is 1. The summed E-state index contributed by atoms with van der Waals surface area (Å²) in [6.45, 7) is 48.1. The Labute approximate surface area is 526 Å². The molecule has 1 atom stereocenters. The molecule has 1 N–H and O–H groups in total. The molecule has 0 radical (unpaired) electrons. The molecule has 0 spiro atoms. The molecule has 2 aliphatic carbocycles. The fraction of sp³-hybridized carbons (Fsp3) is 0.587. The maximum atomic E-state index is 5.08. The normalized spacial score (nSPS) is 18.6. The minimum absolute atomic E-state index is 0.943. The molecule has 5 aliphatic rings. The predicted octanol–water partition coefficient (Wildman–Crippen LogP) is 19.1. The van der Waals surface area contributed by atoms with Crippen LogP contribution in [0.1, 0.15) is 172 Å². The molecule has 6 aromatic rings. The van der Waals surface area contributed by atoms with Gasteiger partial charge in [0, 0.05) is 78.5 Å². The maximum absolute atomic E-state index is 5.08. The SMILES string of the molecule is CC1=CCC(C)CC1.CC1=CCN(C)CC1.CC1CCC(C)CC1.CC1CCN(C)CC1.CN1CCN(C)CC1.Cc1cc(C)[nH]n1.Cc1ccc(C)cc1.Cc1ccc(C)nc1.Cc1ccc(C)nc1.Cc1ccc(C)o1.Cc1ccc(C)s1. The fourth-order valence-corrected chi connectivity index (χ4v) is 9.61. The summed E-state index contributed by atoms with van der Waals surface area (Å²) in [5.41, 5.74) is 12.6. The first kappa shape index (κ1) is 78.0. The summed E-state index contributed by atoms with van der Waals surface area (Å²) in [6.07, 6.45) is 22.4. The highest BCUT2D eigenvalue weighted by Crippen LogP contribution is 2.27. The van der Waals surface area contributed by atoms with Gasteiger partial charge in [-0.15, -0.1) is 11.3 Å². The average Bonchev–Trinajstić information content (AvgIpc) is 4.19. The van der Waals surface area contributed by atoms with Gasteiger partial charge in [0.25, 0.3) is 0 Å². The van der Waals surface area contributed by atoms with Gasteiger partial charge in [-0.3, -0.25) is 15.1 Å². The zero-order valence-electron chi connectivity index (χ0n) is 58.3. The number of hydrogen-bond donors (Lipinski definition) is 1. The molecular weight excluding hydrogens is 1060 g/mol. The molecule has 2 saturated heterocycles. The van der Waals surface area contributed by atoms with Crippen molar-refractivity contribution in [2.45, 2.75) is 189 Å². The maximum Gasteiger partial charge on any atom is 0.101 e. The van der Waals surface area contributed by atoms with Crippen molar-refractivity contribution in [2.24, 2.45) is 23.7 Å². The number of benzene rings is 1. The molecular formula is C75H124N8OS. The minimum Gasteiger partial charge on any atom is -0.467 e. The van der Waals surface area contributed by atoms with E-state index in [9.17, 15) is 0 Å². The van der Waals surface area contributed by atoms with Crippen molar-refractivity contribution >= 4 is 11.3 Å². The van der Waals surface area contributed by atoms with E-state index < -0.39 is 0 Å². The van der Waals surface area contributed by atoms with Gasteiger partial charge in [0.1, 0.15) is 11.5 Å². The number of furan rings is 1. The van der Waals surface area contributed by atoms with Crippen LogP contribution in [0.2, 0.25) is 0 Å². The number of likely N-dealkylation sites (N-methyl/N-ethyl adjacent to an activating group) is 3. The number of pyridine rings is 2. The molecule has 3 fully saturated rings. The number of likely N-dealkylation sites (tertiary alicyclic amines) is 1. The second kappa shape index (κ2) is 46.2. The monoisotopic (exact) mass is 1180 g/mol. The van der Waals surface area contributed by atoms with Crippen molar-refractivity contribution in [2.75, 3.05) is 80.5 Å². The molecule has 8 heterocycles. The van der Waals surface area contributed by atoms with Crippen LogP contribution >= 0.6 is 11.3 Å². The zero-order chi connectivity index (χ0) is 63.7. The number of aromatic nitrogens is 4. The highest BCUT2D eigenvalue weighted by molar-refractivity contribution is 7.11. The Morgan fingerprint density at radius 1 is 0.412 bits per heavy atom. The molecule has 5 aromatic heterocycles. The number of aryl methyl sites for hydroxylation is 12. The Morgan fingerprint density at radius 2 is 0.824 bits per heavy atom. The van der Waals surface area contributed by atoms with E-state index in [2.05, 4.69) is 198 Å². The van der Waals surface area contributed by atoms with Crippen LogP contribution in [-0.4, -0.2) is 120 Å². The van der Waals surface area contributed by atoms with Crippen LogP contribution in [0.15, 0.2) is 119 Å². The predicted molar refractivity (Wildman–Crippen MR) is 374 cm³/mol. The molecule has 0 amide bonds. The molecule has 10 heteroatoms. The quantitative estimate of drug-likeness (QED) is 0.151. The van der Waals surface area contributed by atoms with Crippen molar-refractivity contribution in [3.63, 3.8) is 0 Å². The Kier molecular flexibility index (Phi) is 42.4. The fourth-order valence-electron chi connectivity index (χ4n) is 8.83. The number of allylic oxidation sites excluding steroid dienone is 2. The number of H-pyrrole nitrogens is 1. The molecule has 1 aromatic carbocycles. The molecule has 1 saturated carbocycles. The first-order valence-corrected chi connectivity index (χ1v) is 32.9. The highest BCUT2D eigenvalue weighted by atomic mass is 32.1. The number of thiophene rings is 1. The van der Waals surface area contributed by atoms with Crippen LogP contribution in [0.4, 0.5) is 0 Å². The van der Waals surface area contributed by atoms with Crippen LogP contribution in [-0.2, 0) is 0 Å². The lowest BCUT2D eigenvalue weighted by atomic mass is 9.84. The van der Waals surface area contributed by atoms with Gasteiger partial charge in [0.05, 0.1) is 5.69 Å². The third kappa shape index (κ3) is 45.0. The van der Waals surface area contributed by atoms with Gasteiger partial charge in [-0.25, -0.2) is 0 Å². The molecule has 3 aliphatic heterocycles. The molecule has 11 rings (SSSR count). The van der Waals surface area contributed by atoms with Crippen molar-refractivity contribution in [1.82, 2.24) is 39.8 Å². The van der Waals surface area contributed by atoms with E-state index in [0.29, 0.717) is 0 Å². The number of rotatable bonds is 0. The number of nitrogens with one attached hydrogen (secondary N) is 1. The number of hydrogen-bond acceptors (Lipinski definition) is 9. The first-order chi connectivity index (χ1) is 40.2. The van der Waals surface area contributed by atoms with Crippen LogP contribution < -0.4 is 0 Å². The van der Waals surface area contributed by atoms with Gasteiger partial charge in [-0.1, -0.05) is 124 Å². The third-order valence-corrected chi connectivity index (χ3v) is 16.4. The van der Waals surface area contributed by atoms with Crippen LogP contribution in [0.3, 0.4) is 0 Å². The van der Waals surface area contributed by atoms with Gasteiger partial charge in [0.15, 0.2) is 0 Å². The lowest BCUT2D eigenvalue weighted by Crippen LogP contribution is -2.42. The van der Waals surface area contributed by atoms with Gasteiger partial charge < -0.3 is 24.0 Å². The zero-order valence-corrected chi connectivity index (χ0v) is 59.1. The van der Waals surface area contributed by atoms with E-state index in [1.807, 2.05) is 109 Å². The van der Waals surface area contributed by atoms with Gasteiger partial charge in [-0.05, 0) is 254 Å². The molecule has 0 bridgehead atoms. The summed E-state index contributed by atoms with van der Waals surface area (Å²) >= 11 is 1.84. The molecule has 476 valence electrons. The van der Waals surface area contributed by atoms with Crippen LogP contribution in [0.5, 0.6) is 0 Å². The molecule has 1 unspecified atom stereocenters. The van der Waals surface area contributed by atoms with E-state index >= 15 is 0 Å². The van der Waals surface area contributed by atoms with Crippen LogP contribution in [0.25, 0.3) is 0 Å². The number of nitrogens with zero attached hydrogens (tertiary/aromatic N) is 7. The smallest absolute Gasteiger partial charge is 0.101 e. The lowest BCUT2D eigenvalue weighted by molar-refractivity contribution is 0.181. The standard InChI is InChI=1S/C8H16.C8H14.C8H10.C7H15N.C7H13N.2C7H9N.C6H14N2.C6H8O.C6H8S.C5H8N2/c5*1-7-3-5-8(2)6-4-7;2*1-6-3-4-7(2)8-5-6;1-7-3-5-8(2)6-4-7;2*1-5-3-4-6(2)7-5;1-4-3-5(2)7-6-4/h7-8H,3-6H2,1-2H3;3,8H,4-6H2,1-2H3;3-6H,1-2H3;7H,3-6H2,1-2H3;3H,4-6H2,1-2H3;2*3-5H,1-2H3;3-6H2,1-2H3;2*3-4H,1-2H3;3H,1-2H3,(H,6,7). The van der Waals surface area contributed by atoms with Crippen molar-refractivity contribution < 1.29 is 4.42 Å². The third-order valence-electron chi connectivity index (χ3n) is 15.5. The van der Waals surface area contributed by atoms with E-state index in [0.717, 1.165) is 64.5 Å². The molecule has 9 nitrogen and oxygen atoms in total. The molecule has 85 heavy (non-hydrogen) atoms. The van der Waals surface area contributed by atoms with E-state index in [4.69, 9.17) is 4.42 Å². The first-order valence-electron chi connectivity index (χ1n) is 32.1. The average molecular weight is 1190 g/mol. The Hall–Kier alpha value is -4.97. The lowest BCUT2D eigenvalue weighted by Gasteiger charge is -2.28. The summed E-state index contributed by atoms with van der Waals surface area (Å²) in [4.78, 5) is 20.4. The summed E-state index contributed by atoms with van der Waals surface area (Å²) < 4.78 is 5.08. The summed E-state index contributed by atoms with van der Waals surface area (Å²) in [7, 11) is 8.70. The van der Waals surface area contributed by atoms with Gasteiger partial charge >= 0.3 is 0 Å². The summed E-state index contributed by atoms with van der Waals surface area (Å²) in [5, 5.41) is 6.71. The van der Waals surface area contributed by atoms with Crippen molar-refractivity contribution in [3.8, 4) is 0 Å². The van der Waals surface area contributed by atoms with Gasteiger partial charge in [-0.2, -0.15) is 5.10 Å². The minimum atomic E-state index is 0.943. The Morgan fingerprint density at radius 3 is 1.07 bits per heavy atom. The largest absolute Gasteiger partial charge is 0.467 e. The van der Waals surface area contributed by atoms with E-state index in [1.165, 1.54) is 142 Å².